The molecular formula is C16H21N3O. The Balaban J connectivity index is 1.82. The van der Waals surface area contributed by atoms with Gasteiger partial charge in [-0.05, 0) is 55.0 Å². The predicted octanol–water partition coefficient (Wildman–Crippen LogP) is 2.16. The highest BCUT2D eigenvalue weighted by molar-refractivity contribution is 5.43. The number of rotatable bonds is 4. The molecule has 0 aliphatic heterocycles. The van der Waals surface area contributed by atoms with Crippen LogP contribution < -0.4 is 10.5 Å². The van der Waals surface area contributed by atoms with E-state index in [9.17, 15) is 0 Å². The van der Waals surface area contributed by atoms with E-state index in [1.54, 1.807) is 7.11 Å². The van der Waals surface area contributed by atoms with Gasteiger partial charge in [-0.3, -0.25) is 4.68 Å². The normalized spacial score (nSPS) is 20.9. The van der Waals surface area contributed by atoms with Gasteiger partial charge in [0.1, 0.15) is 5.75 Å². The number of hydrogen-bond acceptors (Lipinski definition) is 3. The molecular weight excluding hydrogens is 250 g/mol. The zero-order chi connectivity index (χ0) is 14.2. The van der Waals surface area contributed by atoms with Crippen LogP contribution in [0.2, 0.25) is 0 Å². The van der Waals surface area contributed by atoms with E-state index in [0.717, 1.165) is 31.4 Å². The molecule has 20 heavy (non-hydrogen) atoms. The molecule has 0 saturated heterocycles. The monoisotopic (exact) mass is 271 g/mol. The summed E-state index contributed by atoms with van der Waals surface area (Å²) >= 11 is 0. The van der Waals surface area contributed by atoms with Crippen molar-refractivity contribution in [3.05, 3.63) is 47.3 Å². The molecule has 0 amide bonds. The van der Waals surface area contributed by atoms with Crippen molar-refractivity contribution in [3.8, 4) is 5.75 Å². The van der Waals surface area contributed by atoms with Crippen LogP contribution in [0.4, 0.5) is 0 Å². The van der Waals surface area contributed by atoms with Gasteiger partial charge in [0.2, 0.25) is 0 Å². The molecule has 0 radical (unpaired) electrons. The molecule has 106 valence electrons. The molecule has 0 fully saturated rings. The smallest absolute Gasteiger partial charge is 0.119 e. The molecule has 1 atom stereocenters. The molecule has 0 saturated carbocycles. The summed E-state index contributed by atoms with van der Waals surface area (Å²) in [5, 5.41) is 4.21. The van der Waals surface area contributed by atoms with Gasteiger partial charge in [-0.15, -0.1) is 0 Å². The summed E-state index contributed by atoms with van der Waals surface area (Å²) in [5.41, 5.74) is 10.3. The molecule has 1 aliphatic carbocycles. The molecule has 0 bridgehead atoms. The fraction of sp³-hybridized carbons (Fsp3) is 0.438. The summed E-state index contributed by atoms with van der Waals surface area (Å²) in [6.45, 7) is 0. The first kappa shape index (κ1) is 13.2. The average Bonchev–Trinajstić information content (AvgIpc) is 3.01. The van der Waals surface area contributed by atoms with E-state index < -0.39 is 0 Å². The van der Waals surface area contributed by atoms with Crippen molar-refractivity contribution >= 4 is 0 Å². The lowest BCUT2D eigenvalue weighted by molar-refractivity contribution is 0.393. The number of aromatic nitrogens is 2. The molecule has 1 aromatic carbocycles. The van der Waals surface area contributed by atoms with Gasteiger partial charge in [0, 0.05) is 24.5 Å². The third kappa shape index (κ3) is 2.20. The number of hydrogen-bond donors (Lipinski definition) is 1. The van der Waals surface area contributed by atoms with Gasteiger partial charge >= 0.3 is 0 Å². The lowest BCUT2D eigenvalue weighted by Gasteiger charge is -2.26. The standard InChI is InChI=1S/C16H21N3O/c1-19-13(7-10-18-19)6-9-16(17)8-5-12-3-4-14(20-2)11-15(12)16/h3-4,7,10-11H,5-6,8-9,17H2,1-2H3. The highest BCUT2D eigenvalue weighted by atomic mass is 16.5. The summed E-state index contributed by atoms with van der Waals surface area (Å²) in [7, 11) is 3.68. The molecule has 4 heteroatoms. The molecule has 2 aromatic rings. The van der Waals surface area contributed by atoms with E-state index in [2.05, 4.69) is 23.3 Å². The van der Waals surface area contributed by atoms with Gasteiger partial charge in [-0.1, -0.05) is 6.07 Å². The Morgan fingerprint density at radius 3 is 2.95 bits per heavy atom. The fourth-order valence-electron chi connectivity index (χ4n) is 3.11. The SMILES string of the molecule is COc1ccc2c(c1)C(N)(CCc1ccnn1C)CC2. The minimum atomic E-state index is -0.242. The number of ether oxygens (including phenoxy) is 1. The zero-order valence-electron chi connectivity index (χ0n) is 12.1. The van der Waals surface area contributed by atoms with Gasteiger partial charge in [0.05, 0.1) is 7.11 Å². The van der Waals surface area contributed by atoms with Crippen LogP contribution >= 0.6 is 0 Å². The largest absolute Gasteiger partial charge is 0.497 e. The van der Waals surface area contributed by atoms with Crippen LogP contribution in [0.25, 0.3) is 0 Å². The number of aryl methyl sites for hydroxylation is 3. The Labute approximate surface area is 119 Å². The first-order chi connectivity index (χ1) is 9.62. The number of methoxy groups -OCH3 is 1. The first-order valence-electron chi connectivity index (χ1n) is 7.05. The maximum absolute atomic E-state index is 6.68. The Morgan fingerprint density at radius 2 is 2.25 bits per heavy atom. The molecule has 1 unspecified atom stereocenters. The van der Waals surface area contributed by atoms with Crippen LogP contribution in [0.5, 0.6) is 5.75 Å². The van der Waals surface area contributed by atoms with E-state index >= 15 is 0 Å². The van der Waals surface area contributed by atoms with Crippen molar-refractivity contribution in [2.24, 2.45) is 12.8 Å². The molecule has 1 aromatic heterocycles. The van der Waals surface area contributed by atoms with E-state index in [1.165, 1.54) is 16.8 Å². The predicted molar refractivity (Wildman–Crippen MR) is 78.7 cm³/mol. The quantitative estimate of drug-likeness (QED) is 0.927. The topological polar surface area (TPSA) is 53.1 Å². The third-order valence-electron chi connectivity index (χ3n) is 4.44. The van der Waals surface area contributed by atoms with E-state index in [-0.39, 0.29) is 5.54 Å². The minimum absolute atomic E-state index is 0.242. The third-order valence-corrected chi connectivity index (χ3v) is 4.44. The van der Waals surface area contributed by atoms with Gasteiger partial charge in [-0.2, -0.15) is 5.10 Å². The summed E-state index contributed by atoms with van der Waals surface area (Å²) in [6.07, 6.45) is 5.79. The molecule has 3 rings (SSSR count). The molecule has 1 heterocycles. The Morgan fingerprint density at radius 1 is 1.40 bits per heavy atom. The zero-order valence-corrected chi connectivity index (χ0v) is 12.1. The second-order valence-corrected chi connectivity index (χ2v) is 5.63. The molecule has 4 nitrogen and oxygen atoms in total. The van der Waals surface area contributed by atoms with Crippen molar-refractivity contribution < 1.29 is 4.74 Å². The maximum atomic E-state index is 6.68. The van der Waals surface area contributed by atoms with Crippen LogP contribution in [0.1, 0.15) is 29.7 Å². The van der Waals surface area contributed by atoms with Crippen LogP contribution in [-0.4, -0.2) is 16.9 Å². The molecule has 1 aliphatic rings. The molecule has 2 N–H and O–H groups in total. The number of nitrogens with two attached hydrogens (primary N) is 1. The summed E-state index contributed by atoms with van der Waals surface area (Å²) in [5.74, 6) is 0.890. The number of benzene rings is 1. The van der Waals surface area contributed by atoms with Crippen LogP contribution in [0, 0.1) is 0 Å². The van der Waals surface area contributed by atoms with Gasteiger partial charge in [0.15, 0.2) is 0 Å². The maximum Gasteiger partial charge on any atom is 0.119 e. The Bertz CT molecular complexity index is 620. The summed E-state index contributed by atoms with van der Waals surface area (Å²) in [6, 6.07) is 8.33. The van der Waals surface area contributed by atoms with Gasteiger partial charge in [-0.25, -0.2) is 0 Å². The van der Waals surface area contributed by atoms with Crippen molar-refractivity contribution in [2.75, 3.05) is 7.11 Å². The van der Waals surface area contributed by atoms with E-state index in [4.69, 9.17) is 10.5 Å². The molecule has 0 spiro atoms. The van der Waals surface area contributed by atoms with E-state index in [0.29, 0.717) is 0 Å². The van der Waals surface area contributed by atoms with Crippen LogP contribution in [0.15, 0.2) is 30.5 Å². The lowest BCUT2D eigenvalue weighted by Crippen LogP contribution is -2.34. The second kappa shape index (κ2) is 4.94. The van der Waals surface area contributed by atoms with Gasteiger partial charge < -0.3 is 10.5 Å². The lowest BCUT2D eigenvalue weighted by atomic mass is 9.87. The van der Waals surface area contributed by atoms with Crippen molar-refractivity contribution in [1.82, 2.24) is 9.78 Å². The van der Waals surface area contributed by atoms with Crippen molar-refractivity contribution in [2.45, 2.75) is 31.2 Å². The Kier molecular flexibility index (Phi) is 3.26. The first-order valence-corrected chi connectivity index (χ1v) is 7.05. The van der Waals surface area contributed by atoms with E-state index in [1.807, 2.05) is 24.0 Å². The van der Waals surface area contributed by atoms with Crippen LogP contribution in [0.3, 0.4) is 0 Å². The van der Waals surface area contributed by atoms with Crippen molar-refractivity contribution in [3.63, 3.8) is 0 Å². The number of nitrogens with zero attached hydrogens (tertiary/aromatic N) is 2. The van der Waals surface area contributed by atoms with Gasteiger partial charge in [0.25, 0.3) is 0 Å². The summed E-state index contributed by atoms with van der Waals surface area (Å²) in [4.78, 5) is 0. The highest BCUT2D eigenvalue weighted by Crippen LogP contribution is 2.39. The van der Waals surface area contributed by atoms with Crippen LogP contribution in [-0.2, 0) is 25.4 Å². The summed E-state index contributed by atoms with van der Waals surface area (Å²) < 4.78 is 7.25. The Hall–Kier alpha value is -1.81. The minimum Gasteiger partial charge on any atom is -0.497 e. The average molecular weight is 271 g/mol. The fourth-order valence-corrected chi connectivity index (χ4v) is 3.11. The number of fused-ring (bicyclic) bond motifs is 1. The highest BCUT2D eigenvalue weighted by Gasteiger charge is 2.35. The van der Waals surface area contributed by atoms with Crippen molar-refractivity contribution in [1.29, 1.82) is 0 Å². The second-order valence-electron chi connectivity index (χ2n) is 5.63.